The van der Waals surface area contributed by atoms with Crippen LogP contribution in [0.5, 0.6) is 5.75 Å². The molecule has 0 amide bonds. The van der Waals surface area contributed by atoms with Gasteiger partial charge in [-0.3, -0.25) is 4.90 Å². The van der Waals surface area contributed by atoms with Crippen LogP contribution in [-0.2, 0) is 19.4 Å². The molecule has 0 atom stereocenters. The summed E-state index contributed by atoms with van der Waals surface area (Å²) in [4.78, 5) is 2.49. The Labute approximate surface area is 114 Å². The van der Waals surface area contributed by atoms with Crippen molar-refractivity contribution in [2.24, 2.45) is 0 Å². The molecule has 0 fully saturated rings. The number of benzene rings is 2. The van der Waals surface area contributed by atoms with E-state index >= 15 is 0 Å². The Bertz CT molecular complexity index is 565. The average molecular weight is 253 g/mol. The lowest BCUT2D eigenvalue weighted by Gasteiger charge is -2.28. The molecule has 0 unspecified atom stereocenters. The quantitative estimate of drug-likeness (QED) is 0.909. The second kappa shape index (κ2) is 5.45. The van der Waals surface area contributed by atoms with Gasteiger partial charge in [0.05, 0.1) is 0 Å². The number of aromatic hydroxyl groups is 1. The Hall–Kier alpha value is -1.80. The number of fused-ring (bicyclic) bond motifs is 1. The number of phenolic OH excluding ortho intramolecular Hbond substituents is 1. The van der Waals surface area contributed by atoms with Gasteiger partial charge in [0.2, 0.25) is 0 Å². The van der Waals surface area contributed by atoms with Crippen molar-refractivity contribution in [3.63, 3.8) is 0 Å². The van der Waals surface area contributed by atoms with Gasteiger partial charge in [-0.1, -0.05) is 36.4 Å². The third-order valence-corrected chi connectivity index (χ3v) is 3.84. The Morgan fingerprint density at radius 3 is 2.68 bits per heavy atom. The molecule has 0 bridgehead atoms. The zero-order chi connectivity index (χ0) is 13.1. The van der Waals surface area contributed by atoms with Crippen molar-refractivity contribution in [3.8, 4) is 5.75 Å². The summed E-state index contributed by atoms with van der Waals surface area (Å²) in [5.74, 6) is 0.362. The van der Waals surface area contributed by atoms with Crippen LogP contribution in [0, 0.1) is 0 Å². The molecule has 0 spiro atoms. The van der Waals surface area contributed by atoms with Crippen molar-refractivity contribution in [3.05, 3.63) is 65.2 Å². The van der Waals surface area contributed by atoms with Gasteiger partial charge in [-0.25, -0.2) is 0 Å². The molecule has 1 aliphatic heterocycles. The number of hydrogen-bond acceptors (Lipinski definition) is 2. The molecule has 19 heavy (non-hydrogen) atoms. The smallest absolute Gasteiger partial charge is 0.115 e. The highest BCUT2D eigenvalue weighted by Gasteiger charge is 2.14. The molecule has 1 heterocycles. The van der Waals surface area contributed by atoms with Crippen molar-refractivity contribution in [1.82, 2.24) is 4.90 Å². The standard InChI is InChI=1S/C17H19NO/c19-17-7-3-4-14(12-17)8-10-18-11-9-15-5-1-2-6-16(15)13-18/h1-7,12,19H,8-11,13H2. The van der Waals surface area contributed by atoms with Crippen LogP contribution >= 0.6 is 0 Å². The molecule has 2 nitrogen and oxygen atoms in total. The van der Waals surface area contributed by atoms with Crippen LogP contribution in [0.3, 0.4) is 0 Å². The van der Waals surface area contributed by atoms with E-state index in [4.69, 9.17) is 0 Å². The molecular weight excluding hydrogens is 234 g/mol. The summed E-state index contributed by atoms with van der Waals surface area (Å²) < 4.78 is 0. The van der Waals surface area contributed by atoms with Crippen LogP contribution in [0.1, 0.15) is 16.7 Å². The molecule has 1 N–H and O–H groups in total. The van der Waals surface area contributed by atoms with Crippen molar-refractivity contribution in [2.75, 3.05) is 13.1 Å². The minimum Gasteiger partial charge on any atom is -0.508 e. The predicted octanol–water partition coefficient (Wildman–Crippen LogP) is 2.99. The first-order valence-electron chi connectivity index (χ1n) is 6.88. The Kier molecular flexibility index (Phi) is 3.51. The predicted molar refractivity (Wildman–Crippen MR) is 77.2 cm³/mol. The molecule has 0 aliphatic carbocycles. The number of rotatable bonds is 3. The fourth-order valence-corrected chi connectivity index (χ4v) is 2.74. The molecule has 0 aromatic heterocycles. The van der Waals surface area contributed by atoms with Crippen LogP contribution in [0.4, 0.5) is 0 Å². The van der Waals surface area contributed by atoms with Crippen molar-refractivity contribution < 1.29 is 5.11 Å². The van der Waals surface area contributed by atoms with Gasteiger partial charge in [0.15, 0.2) is 0 Å². The highest BCUT2D eigenvalue weighted by molar-refractivity contribution is 5.29. The lowest BCUT2D eigenvalue weighted by atomic mass is 9.99. The van der Waals surface area contributed by atoms with Gasteiger partial charge in [0, 0.05) is 19.6 Å². The fraction of sp³-hybridized carbons (Fsp3) is 0.294. The van der Waals surface area contributed by atoms with E-state index < -0.39 is 0 Å². The van der Waals surface area contributed by atoms with Crippen molar-refractivity contribution >= 4 is 0 Å². The van der Waals surface area contributed by atoms with Gasteiger partial charge in [0.25, 0.3) is 0 Å². The first-order chi connectivity index (χ1) is 9.31. The fourth-order valence-electron chi connectivity index (χ4n) is 2.74. The molecule has 2 heteroatoms. The Morgan fingerprint density at radius 1 is 1.00 bits per heavy atom. The zero-order valence-corrected chi connectivity index (χ0v) is 11.0. The topological polar surface area (TPSA) is 23.5 Å². The summed E-state index contributed by atoms with van der Waals surface area (Å²) in [5.41, 5.74) is 4.17. The van der Waals surface area contributed by atoms with E-state index in [-0.39, 0.29) is 0 Å². The highest BCUT2D eigenvalue weighted by Crippen LogP contribution is 2.19. The normalized spacial score (nSPS) is 15.2. The zero-order valence-electron chi connectivity index (χ0n) is 11.0. The molecule has 2 aromatic carbocycles. The van der Waals surface area contributed by atoms with Gasteiger partial charge < -0.3 is 5.11 Å². The minimum atomic E-state index is 0.362. The molecule has 1 aliphatic rings. The second-order valence-electron chi connectivity index (χ2n) is 5.21. The summed E-state index contributed by atoms with van der Waals surface area (Å²) in [7, 11) is 0. The first kappa shape index (κ1) is 12.2. The van der Waals surface area contributed by atoms with Gasteiger partial charge in [-0.2, -0.15) is 0 Å². The average Bonchev–Trinajstić information content (AvgIpc) is 2.45. The van der Waals surface area contributed by atoms with E-state index in [0.29, 0.717) is 5.75 Å². The molecular formula is C17H19NO. The summed E-state index contributed by atoms with van der Waals surface area (Å²) in [6, 6.07) is 16.3. The van der Waals surface area contributed by atoms with Crippen molar-refractivity contribution in [2.45, 2.75) is 19.4 Å². The molecule has 0 saturated heterocycles. The van der Waals surface area contributed by atoms with E-state index in [9.17, 15) is 5.11 Å². The SMILES string of the molecule is Oc1cccc(CCN2CCc3ccccc3C2)c1. The maximum atomic E-state index is 9.47. The number of phenols is 1. The monoisotopic (exact) mass is 253 g/mol. The molecule has 2 aromatic rings. The summed E-state index contributed by atoms with van der Waals surface area (Å²) in [5, 5.41) is 9.47. The summed E-state index contributed by atoms with van der Waals surface area (Å²) >= 11 is 0. The van der Waals surface area contributed by atoms with Gasteiger partial charge in [0.1, 0.15) is 5.75 Å². The van der Waals surface area contributed by atoms with E-state index in [0.717, 1.165) is 32.5 Å². The first-order valence-corrected chi connectivity index (χ1v) is 6.88. The Balaban J connectivity index is 1.61. The number of nitrogens with zero attached hydrogens (tertiary/aromatic N) is 1. The molecule has 98 valence electrons. The number of hydrogen-bond donors (Lipinski definition) is 1. The maximum Gasteiger partial charge on any atom is 0.115 e. The van der Waals surface area contributed by atoms with E-state index in [2.05, 4.69) is 35.2 Å². The maximum absolute atomic E-state index is 9.47. The minimum absolute atomic E-state index is 0.362. The van der Waals surface area contributed by atoms with Gasteiger partial charge in [-0.05, 0) is 41.7 Å². The van der Waals surface area contributed by atoms with Gasteiger partial charge in [-0.15, -0.1) is 0 Å². The van der Waals surface area contributed by atoms with Crippen LogP contribution < -0.4 is 0 Å². The van der Waals surface area contributed by atoms with Crippen LogP contribution in [0.15, 0.2) is 48.5 Å². The Morgan fingerprint density at radius 2 is 1.84 bits per heavy atom. The third kappa shape index (κ3) is 2.96. The second-order valence-corrected chi connectivity index (χ2v) is 5.21. The van der Waals surface area contributed by atoms with E-state index in [1.54, 1.807) is 6.07 Å². The van der Waals surface area contributed by atoms with Gasteiger partial charge >= 0.3 is 0 Å². The lowest BCUT2D eigenvalue weighted by molar-refractivity contribution is 0.257. The summed E-state index contributed by atoms with van der Waals surface area (Å²) in [6.07, 6.45) is 2.15. The lowest BCUT2D eigenvalue weighted by Crippen LogP contribution is -2.32. The van der Waals surface area contributed by atoms with E-state index in [1.165, 1.54) is 16.7 Å². The van der Waals surface area contributed by atoms with Crippen LogP contribution in [-0.4, -0.2) is 23.1 Å². The molecule has 3 rings (SSSR count). The summed E-state index contributed by atoms with van der Waals surface area (Å²) in [6.45, 7) is 3.24. The van der Waals surface area contributed by atoms with Crippen LogP contribution in [0.25, 0.3) is 0 Å². The molecule has 0 radical (unpaired) electrons. The highest BCUT2D eigenvalue weighted by atomic mass is 16.3. The van der Waals surface area contributed by atoms with Crippen molar-refractivity contribution in [1.29, 1.82) is 0 Å². The molecule has 0 saturated carbocycles. The van der Waals surface area contributed by atoms with E-state index in [1.807, 2.05) is 12.1 Å². The van der Waals surface area contributed by atoms with Crippen LogP contribution in [0.2, 0.25) is 0 Å². The third-order valence-electron chi connectivity index (χ3n) is 3.84. The largest absolute Gasteiger partial charge is 0.508 e.